The lowest BCUT2D eigenvalue weighted by Gasteiger charge is -2.34. The standard InChI is InChI=1S/C26H34N6O3/c1-4-31-21-10-11-22(28-25(21)32(5-2)26(31)35)27-23(33)12-13-24(34)30-16-14-29(15-17-30)18-20-8-6-19(3)7-9-20/h6-11H,4-5,12-18H2,1-3H3,(H,27,28,33). The molecule has 1 fully saturated rings. The number of carbonyl (C=O) groups excluding carboxylic acids is 2. The van der Waals surface area contributed by atoms with Crippen LogP contribution in [-0.4, -0.2) is 61.9 Å². The Morgan fingerprint density at radius 2 is 1.60 bits per heavy atom. The lowest BCUT2D eigenvalue weighted by Crippen LogP contribution is -2.48. The Labute approximate surface area is 205 Å². The fourth-order valence-corrected chi connectivity index (χ4v) is 4.54. The molecule has 1 saturated heterocycles. The monoisotopic (exact) mass is 478 g/mol. The van der Waals surface area contributed by atoms with Gasteiger partial charge < -0.3 is 10.2 Å². The van der Waals surface area contributed by atoms with Gasteiger partial charge in [0, 0.05) is 58.7 Å². The number of nitrogens with zero attached hydrogens (tertiary/aromatic N) is 5. The van der Waals surface area contributed by atoms with Gasteiger partial charge in [0.1, 0.15) is 5.82 Å². The number of pyridine rings is 1. The van der Waals surface area contributed by atoms with Crippen LogP contribution in [0.15, 0.2) is 41.2 Å². The molecular formula is C26H34N6O3. The predicted molar refractivity (Wildman–Crippen MR) is 136 cm³/mol. The van der Waals surface area contributed by atoms with Gasteiger partial charge in [-0.25, -0.2) is 9.78 Å². The quantitative estimate of drug-likeness (QED) is 0.537. The molecule has 0 saturated carbocycles. The summed E-state index contributed by atoms with van der Waals surface area (Å²) in [6, 6.07) is 12.0. The van der Waals surface area contributed by atoms with Crippen molar-refractivity contribution in [2.75, 3.05) is 31.5 Å². The summed E-state index contributed by atoms with van der Waals surface area (Å²) >= 11 is 0. The van der Waals surface area contributed by atoms with E-state index in [9.17, 15) is 14.4 Å². The fraction of sp³-hybridized carbons (Fsp3) is 0.462. The van der Waals surface area contributed by atoms with Gasteiger partial charge >= 0.3 is 5.69 Å². The summed E-state index contributed by atoms with van der Waals surface area (Å²) in [5.41, 5.74) is 3.72. The Morgan fingerprint density at radius 3 is 2.26 bits per heavy atom. The number of benzene rings is 1. The van der Waals surface area contributed by atoms with Crippen molar-refractivity contribution in [2.24, 2.45) is 0 Å². The average Bonchev–Trinajstić information content (AvgIpc) is 3.13. The highest BCUT2D eigenvalue weighted by Gasteiger charge is 2.22. The number of hydrogen-bond acceptors (Lipinski definition) is 5. The fourth-order valence-electron chi connectivity index (χ4n) is 4.54. The van der Waals surface area contributed by atoms with Gasteiger partial charge in [-0.15, -0.1) is 0 Å². The van der Waals surface area contributed by atoms with E-state index in [4.69, 9.17) is 0 Å². The number of aromatic nitrogens is 3. The average molecular weight is 479 g/mol. The van der Waals surface area contributed by atoms with E-state index in [-0.39, 0.29) is 30.3 Å². The highest BCUT2D eigenvalue weighted by molar-refractivity contribution is 5.93. The van der Waals surface area contributed by atoms with Gasteiger partial charge in [-0.05, 0) is 38.5 Å². The lowest BCUT2D eigenvalue weighted by molar-refractivity contribution is -0.134. The van der Waals surface area contributed by atoms with Crippen LogP contribution in [0.25, 0.3) is 11.2 Å². The molecule has 2 amide bonds. The molecule has 0 bridgehead atoms. The number of anilines is 1. The van der Waals surface area contributed by atoms with Crippen molar-refractivity contribution in [1.29, 1.82) is 0 Å². The maximum atomic E-state index is 12.7. The van der Waals surface area contributed by atoms with Gasteiger partial charge in [-0.3, -0.25) is 23.6 Å². The van der Waals surface area contributed by atoms with Crippen LogP contribution in [-0.2, 0) is 29.2 Å². The van der Waals surface area contributed by atoms with E-state index in [2.05, 4.69) is 46.4 Å². The van der Waals surface area contributed by atoms with Crippen LogP contribution in [0, 0.1) is 6.92 Å². The van der Waals surface area contributed by atoms with E-state index < -0.39 is 0 Å². The molecule has 0 radical (unpaired) electrons. The number of imidazole rings is 1. The van der Waals surface area contributed by atoms with Crippen molar-refractivity contribution < 1.29 is 9.59 Å². The first-order valence-electron chi connectivity index (χ1n) is 12.3. The third-order valence-electron chi connectivity index (χ3n) is 6.58. The molecule has 0 atom stereocenters. The topological polar surface area (TPSA) is 92.5 Å². The molecule has 35 heavy (non-hydrogen) atoms. The summed E-state index contributed by atoms with van der Waals surface area (Å²) in [5, 5.41) is 2.78. The Morgan fingerprint density at radius 1 is 0.914 bits per heavy atom. The number of hydrogen-bond donors (Lipinski definition) is 1. The lowest BCUT2D eigenvalue weighted by atomic mass is 10.1. The molecule has 0 unspecified atom stereocenters. The molecule has 1 aromatic carbocycles. The van der Waals surface area contributed by atoms with E-state index in [1.54, 1.807) is 21.3 Å². The summed E-state index contributed by atoms with van der Waals surface area (Å²) in [6.07, 6.45) is 0.261. The first-order valence-corrected chi connectivity index (χ1v) is 12.3. The smallest absolute Gasteiger partial charge is 0.330 e. The van der Waals surface area contributed by atoms with Gasteiger partial charge in [-0.1, -0.05) is 29.8 Å². The SMILES string of the molecule is CCn1c(=O)n(CC)c2nc(NC(=O)CCC(=O)N3CCN(Cc4ccc(C)cc4)CC3)ccc21. The third kappa shape index (κ3) is 5.62. The minimum absolute atomic E-state index is 0.00149. The van der Waals surface area contributed by atoms with Crippen molar-refractivity contribution in [3.63, 3.8) is 0 Å². The molecule has 0 aliphatic carbocycles. The first kappa shape index (κ1) is 24.7. The zero-order chi connectivity index (χ0) is 24.9. The number of aryl methyl sites for hydroxylation is 3. The summed E-state index contributed by atoms with van der Waals surface area (Å²) in [6.45, 7) is 10.8. The molecule has 1 aliphatic rings. The zero-order valence-electron chi connectivity index (χ0n) is 20.8. The van der Waals surface area contributed by atoms with Gasteiger partial charge in [-0.2, -0.15) is 0 Å². The molecule has 1 aliphatic heterocycles. The van der Waals surface area contributed by atoms with E-state index >= 15 is 0 Å². The second-order valence-corrected chi connectivity index (χ2v) is 9.00. The molecule has 9 nitrogen and oxygen atoms in total. The minimum Gasteiger partial charge on any atom is -0.340 e. The molecule has 0 spiro atoms. The molecule has 3 aromatic rings. The van der Waals surface area contributed by atoms with E-state index in [1.165, 1.54) is 11.1 Å². The number of fused-ring (bicyclic) bond motifs is 1. The molecule has 2 aromatic heterocycles. The summed E-state index contributed by atoms with van der Waals surface area (Å²) in [7, 11) is 0. The third-order valence-corrected chi connectivity index (χ3v) is 6.58. The van der Waals surface area contributed by atoms with E-state index in [0.717, 1.165) is 25.2 Å². The van der Waals surface area contributed by atoms with Gasteiger partial charge in [0.15, 0.2) is 5.65 Å². The molecule has 1 N–H and O–H groups in total. The maximum absolute atomic E-state index is 12.7. The minimum atomic E-state index is -0.261. The second-order valence-electron chi connectivity index (χ2n) is 9.00. The molecule has 186 valence electrons. The van der Waals surface area contributed by atoms with Crippen LogP contribution in [0.4, 0.5) is 5.82 Å². The molecular weight excluding hydrogens is 444 g/mol. The largest absolute Gasteiger partial charge is 0.340 e. The van der Waals surface area contributed by atoms with Gasteiger partial charge in [0.2, 0.25) is 11.8 Å². The van der Waals surface area contributed by atoms with E-state index in [1.807, 2.05) is 18.7 Å². The molecule has 3 heterocycles. The number of amides is 2. The van der Waals surface area contributed by atoms with Crippen LogP contribution in [0.3, 0.4) is 0 Å². The van der Waals surface area contributed by atoms with Crippen LogP contribution in [0.5, 0.6) is 0 Å². The number of rotatable bonds is 8. The highest BCUT2D eigenvalue weighted by Crippen LogP contribution is 2.16. The van der Waals surface area contributed by atoms with Crippen molar-refractivity contribution in [3.05, 3.63) is 58.0 Å². The number of carbonyl (C=O) groups is 2. The Balaban J connectivity index is 1.26. The summed E-state index contributed by atoms with van der Waals surface area (Å²) < 4.78 is 3.26. The Bertz CT molecular complexity index is 1250. The van der Waals surface area contributed by atoms with Crippen molar-refractivity contribution in [2.45, 2.75) is 53.2 Å². The number of piperazine rings is 1. The van der Waals surface area contributed by atoms with Gasteiger partial charge in [0.05, 0.1) is 5.52 Å². The zero-order valence-corrected chi connectivity index (χ0v) is 20.8. The molecule has 4 rings (SSSR count). The van der Waals surface area contributed by atoms with E-state index in [0.29, 0.717) is 37.6 Å². The summed E-state index contributed by atoms with van der Waals surface area (Å²) in [4.78, 5) is 46.3. The van der Waals surface area contributed by atoms with Crippen molar-refractivity contribution >= 4 is 28.8 Å². The van der Waals surface area contributed by atoms with Crippen LogP contribution >= 0.6 is 0 Å². The Kier molecular flexibility index (Phi) is 7.65. The maximum Gasteiger partial charge on any atom is 0.330 e. The normalized spacial score (nSPS) is 14.4. The second kappa shape index (κ2) is 10.9. The van der Waals surface area contributed by atoms with Crippen molar-refractivity contribution in [3.8, 4) is 0 Å². The highest BCUT2D eigenvalue weighted by atomic mass is 16.2. The van der Waals surface area contributed by atoms with Crippen molar-refractivity contribution in [1.82, 2.24) is 23.9 Å². The van der Waals surface area contributed by atoms with Crippen LogP contribution < -0.4 is 11.0 Å². The Hall–Kier alpha value is -3.46. The van der Waals surface area contributed by atoms with Crippen LogP contribution in [0.2, 0.25) is 0 Å². The molecule has 9 heteroatoms. The number of nitrogens with one attached hydrogen (secondary N) is 1. The van der Waals surface area contributed by atoms with Crippen LogP contribution in [0.1, 0.15) is 37.8 Å². The van der Waals surface area contributed by atoms with Gasteiger partial charge in [0.25, 0.3) is 0 Å². The predicted octanol–water partition coefficient (Wildman–Crippen LogP) is 2.61. The summed E-state index contributed by atoms with van der Waals surface area (Å²) in [5.74, 6) is 0.122. The first-order chi connectivity index (χ1) is 16.9.